The third-order valence-electron chi connectivity index (χ3n) is 6.36. The first-order valence-corrected chi connectivity index (χ1v) is 13.0. The van der Waals surface area contributed by atoms with Gasteiger partial charge in [0, 0.05) is 23.9 Å². The highest BCUT2D eigenvalue weighted by atomic mass is 32.2. The number of alkyl carbamates (subject to hydrolysis) is 1. The van der Waals surface area contributed by atoms with Gasteiger partial charge < -0.3 is 26.0 Å². The molecular formula is C23H42N4O4S. The predicted octanol–water partition coefficient (Wildman–Crippen LogP) is 2.65. The van der Waals surface area contributed by atoms with E-state index in [1.807, 2.05) is 20.8 Å². The summed E-state index contributed by atoms with van der Waals surface area (Å²) < 4.78 is 4.69. The highest BCUT2D eigenvalue weighted by molar-refractivity contribution is 8.00. The molecule has 0 unspecified atom stereocenters. The van der Waals surface area contributed by atoms with Crippen LogP contribution >= 0.6 is 11.8 Å². The van der Waals surface area contributed by atoms with E-state index in [9.17, 15) is 14.4 Å². The van der Waals surface area contributed by atoms with E-state index in [0.717, 1.165) is 37.9 Å². The molecule has 2 aliphatic rings. The molecule has 32 heavy (non-hydrogen) atoms. The summed E-state index contributed by atoms with van der Waals surface area (Å²) in [6.45, 7) is 10.6. The Morgan fingerprint density at radius 2 is 1.81 bits per heavy atom. The molecule has 0 radical (unpaired) electrons. The van der Waals surface area contributed by atoms with Gasteiger partial charge in [-0.1, -0.05) is 6.92 Å². The summed E-state index contributed by atoms with van der Waals surface area (Å²) in [6.07, 6.45) is 4.56. The molecule has 0 aromatic heterocycles. The van der Waals surface area contributed by atoms with Crippen molar-refractivity contribution in [1.29, 1.82) is 0 Å². The smallest absolute Gasteiger partial charge is 0.408 e. The van der Waals surface area contributed by atoms with E-state index in [-0.39, 0.29) is 24.0 Å². The molecular weight excluding hydrogens is 428 g/mol. The van der Waals surface area contributed by atoms with Crippen LogP contribution in [0.5, 0.6) is 0 Å². The molecule has 2 fully saturated rings. The van der Waals surface area contributed by atoms with Crippen LogP contribution < -0.4 is 16.4 Å². The van der Waals surface area contributed by atoms with Crippen LogP contribution in [0, 0.1) is 5.92 Å². The van der Waals surface area contributed by atoms with Crippen molar-refractivity contribution in [3.8, 4) is 0 Å². The number of nitrogens with zero attached hydrogens (tertiary/aromatic N) is 1. The van der Waals surface area contributed by atoms with Gasteiger partial charge in [-0.15, -0.1) is 0 Å². The maximum absolute atomic E-state index is 13.6. The molecule has 4 N–H and O–H groups in total. The number of hydrogen-bond donors (Lipinski definition) is 3. The number of ether oxygens (including phenoxy) is 1. The van der Waals surface area contributed by atoms with Crippen LogP contribution in [-0.4, -0.2) is 70.6 Å². The summed E-state index contributed by atoms with van der Waals surface area (Å²) in [7, 11) is 0. The van der Waals surface area contributed by atoms with E-state index in [0.29, 0.717) is 25.4 Å². The Bertz CT molecular complexity index is 650. The molecule has 9 heteroatoms. The SMILES string of the molecule is CCSC(C)(C)[C@@H](NC(=O)OC(C)C)C(=O)N1CCC[C@H]1C(=O)NC[C@H]1CC[C@H](N)CC1. The third-order valence-corrected chi connectivity index (χ3v) is 7.63. The molecule has 0 aromatic rings. The molecule has 1 heterocycles. The molecule has 1 aliphatic heterocycles. The van der Waals surface area contributed by atoms with Crippen molar-refractivity contribution in [3.05, 3.63) is 0 Å². The van der Waals surface area contributed by atoms with Crippen molar-refractivity contribution in [2.75, 3.05) is 18.8 Å². The molecule has 0 aromatic carbocycles. The zero-order valence-electron chi connectivity index (χ0n) is 20.3. The fourth-order valence-electron chi connectivity index (χ4n) is 4.58. The number of thioether (sulfide) groups is 1. The summed E-state index contributed by atoms with van der Waals surface area (Å²) in [6, 6.07) is -1.01. The first-order chi connectivity index (χ1) is 15.0. The number of nitrogens with one attached hydrogen (secondary N) is 2. The van der Waals surface area contributed by atoms with Crippen LogP contribution in [0.25, 0.3) is 0 Å². The Labute approximate surface area is 197 Å². The molecule has 1 aliphatic carbocycles. The Morgan fingerprint density at radius 3 is 2.41 bits per heavy atom. The molecule has 1 saturated carbocycles. The summed E-state index contributed by atoms with van der Waals surface area (Å²) in [5.74, 6) is 0.921. The van der Waals surface area contributed by atoms with Gasteiger partial charge in [-0.2, -0.15) is 11.8 Å². The molecule has 3 amide bonds. The van der Waals surface area contributed by atoms with E-state index in [1.165, 1.54) is 0 Å². The van der Waals surface area contributed by atoms with Crippen molar-refractivity contribution in [2.45, 2.75) is 102 Å². The second-order valence-corrected chi connectivity index (χ2v) is 11.7. The lowest BCUT2D eigenvalue weighted by Gasteiger charge is -2.37. The lowest BCUT2D eigenvalue weighted by molar-refractivity contribution is -0.140. The Hall–Kier alpha value is -1.48. The Morgan fingerprint density at radius 1 is 1.16 bits per heavy atom. The van der Waals surface area contributed by atoms with Crippen molar-refractivity contribution in [3.63, 3.8) is 0 Å². The second-order valence-electron chi connectivity index (χ2n) is 9.78. The van der Waals surface area contributed by atoms with Gasteiger partial charge in [-0.05, 0) is 77.9 Å². The van der Waals surface area contributed by atoms with E-state index in [2.05, 4.69) is 10.6 Å². The Kier molecular flexibility index (Phi) is 10.1. The van der Waals surface area contributed by atoms with Crippen LogP contribution in [0.3, 0.4) is 0 Å². The van der Waals surface area contributed by atoms with E-state index >= 15 is 0 Å². The lowest BCUT2D eigenvalue weighted by atomic mass is 9.86. The zero-order chi connectivity index (χ0) is 23.9. The number of likely N-dealkylation sites (tertiary alicyclic amines) is 1. The monoisotopic (exact) mass is 470 g/mol. The van der Waals surface area contributed by atoms with E-state index < -0.39 is 22.9 Å². The zero-order valence-corrected chi connectivity index (χ0v) is 21.1. The van der Waals surface area contributed by atoms with Crippen molar-refractivity contribution < 1.29 is 19.1 Å². The normalized spacial score (nSPS) is 24.8. The Balaban J connectivity index is 2.06. The first-order valence-electron chi connectivity index (χ1n) is 12.0. The number of amides is 3. The van der Waals surface area contributed by atoms with Gasteiger partial charge in [0.15, 0.2) is 0 Å². The molecule has 1 saturated heterocycles. The average Bonchev–Trinajstić information content (AvgIpc) is 3.20. The highest BCUT2D eigenvalue weighted by Crippen LogP contribution is 2.31. The van der Waals surface area contributed by atoms with Crippen LogP contribution in [0.2, 0.25) is 0 Å². The summed E-state index contributed by atoms with van der Waals surface area (Å²) in [4.78, 5) is 40.6. The van der Waals surface area contributed by atoms with Gasteiger partial charge in [-0.25, -0.2) is 4.79 Å². The van der Waals surface area contributed by atoms with Gasteiger partial charge in [0.25, 0.3) is 0 Å². The van der Waals surface area contributed by atoms with E-state index in [1.54, 1.807) is 30.5 Å². The third kappa shape index (κ3) is 7.54. The molecule has 2 rings (SSSR count). The lowest BCUT2D eigenvalue weighted by Crippen LogP contribution is -2.60. The summed E-state index contributed by atoms with van der Waals surface area (Å²) in [5, 5.41) is 5.85. The van der Waals surface area contributed by atoms with Gasteiger partial charge in [-0.3, -0.25) is 9.59 Å². The first kappa shape index (κ1) is 26.8. The fourth-order valence-corrected chi connectivity index (χ4v) is 5.65. The van der Waals surface area contributed by atoms with Crippen LogP contribution in [0.15, 0.2) is 0 Å². The number of carbonyl (C=O) groups is 3. The maximum Gasteiger partial charge on any atom is 0.408 e. The molecule has 184 valence electrons. The number of hydrogen-bond acceptors (Lipinski definition) is 6. The summed E-state index contributed by atoms with van der Waals surface area (Å²) in [5.41, 5.74) is 5.98. The largest absolute Gasteiger partial charge is 0.447 e. The summed E-state index contributed by atoms with van der Waals surface area (Å²) >= 11 is 1.60. The van der Waals surface area contributed by atoms with Gasteiger partial charge >= 0.3 is 6.09 Å². The molecule has 0 spiro atoms. The minimum Gasteiger partial charge on any atom is -0.447 e. The van der Waals surface area contributed by atoms with E-state index in [4.69, 9.17) is 10.5 Å². The van der Waals surface area contributed by atoms with Gasteiger partial charge in [0.2, 0.25) is 11.8 Å². The topological polar surface area (TPSA) is 114 Å². The molecule has 2 atom stereocenters. The van der Waals surface area contributed by atoms with Gasteiger partial charge in [0.1, 0.15) is 12.1 Å². The standard InChI is InChI=1S/C23H42N4O4S/c1-6-32-23(4,5)19(26-22(30)31-15(2)3)21(29)27-13-7-8-18(27)20(28)25-14-16-9-11-17(24)12-10-16/h15-19H,6-14,24H2,1-5H3,(H,25,28)(H,26,30)/t16-,17-,18-,19-/m0/s1. The fraction of sp³-hybridized carbons (Fsp3) is 0.870. The maximum atomic E-state index is 13.6. The number of carbonyl (C=O) groups excluding carboxylic acids is 3. The van der Waals surface area contributed by atoms with Crippen molar-refractivity contribution in [2.24, 2.45) is 11.7 Å². The van der Waals surface area contributed by atoms with Crippen LogP contribution in [-0.2, 0) is 14.3 Å². The quantitative estimate of drug-likeness (QED) is 0.477. The second kappa shape index (κ2) is 12.1. The number of rotatable bonds is 9. The number of nitrogens with two attached hydrogens (primary N) is 1. The highest BCUT2D eigenvalue weighted by Gasteiger charge is 2.44. The minimum atomic E-state index is -0.785. The molecule has 8 nitrogen and oxygen atoms in total. The minimum absolute atomic E-state index is 0.102. The van der Waals surface area contributed by atoms with Gasteiger partial charge in [0.05, 0.1) is 6.10 Å². The van der Waals surface area contributed by atoms with Crippen LogP contribution in [0.4, 0.5) is 4.79 Å². The molecule has 0 bridgehead atoms. The predicted molar refractivity (Wildman–Crippen MR) is 128 cm³/mol. The van der Waals surface area contributed by atoms with Crippen molar-refractivity contribution >= 4 is 29.7 Å². The van der Waals surface area contributed by atoms with Crippen LogP contribution in [0.1, 0.15) is 73.1 Å². The van der Waals surface area contributed by atoms with Crippen molar-refractivity contribution in [1.82, 2.24) is 15.5 Å². The average molecular weight is 471 g/mol.